The molecule has 74 valence electrons. The molecule has 1 amide bonds. The third kappa shape index (κ3) is 2.93. The van der Waals surface area contributed by atoms with E-state index in [1.807, 2.05) is 20.8 Å². The van der Waals surface area contributed by atoms with E-state index in [0.29, 0.717) is 5.57 Å². The third-order valence-corrected chi connectivity index (χ3v) is 2.00. The Labute approximate surface area is 79.5 Å². The van der Waals surface area contributed by atoms with Gasteiger partial charge in [-0.15, -0.1) is 0 Å². The van der Waals surface area contributed by atoms with Gasteiger partial charge in [0.05, 0.1) is 12.9 Å². The zero-order valence-corrected chi connectivity index (χ0v) is 8.89. The van der Waals surface area contributed by atoms with Crippen molar-refractivity contribution in [2.45, 2.75) is 20.8 Å². The van der Waals surface area contributed by atoms with Crippen molar-refractivity contribution in [3.05, 3.63) is 23.0 Å². The lowest BCUT2D eigenvalue weighted by Crippen LogP contribution is -2.21. The van der Waals surface area contributed by atoms with E-state index in [4.69, 9.17) is 4.74 Å². The minimum atomic E-state index is -0.0867. The number of rotatable bonds is 3. The van der Waals surface area contributed by atoms with Gasteiger partial charge < -0.3 is 10.1 Å². The summed E-state index contributed by atoms with van der Waals surface area (Å²) in [5, 5.41) is 2.58. The highest BCUT2D eigenvalue weighted by atomic mass is 16.5. The normalized spacial score (nSPS) is 13.5. The molecule has 13 heavy (non-hydrogen) atoms. The highest BCUT2D eigenvalue weighted by Crippen LogP contribution is 2.14. The van der Waals surface area contributed by atoms with Gasteiger partial charge >= 0.3 is 0 Å². The van der Waals surface area contributed by atoms with Crippen LogP contribution in [0.4, 0.5) is 0 Å². The van der Waals surface area contributed by atoms with Crippen molar-refractivity contribution in [1.82, 2.24) is 5.32 Å². The molecular formula is C10H17NO2. The summed E-state index contributed by atoms with van der Waals surface area (Å²) in [7, 11) is 3.21. The van der Waals surface area contributed by atoms with E-state index in [9.17, 15) is 4.79 Å². The number of methoxy groups -OCH3 is 1. The topological polar surface area (TPSA) is 38.3 Å². The average Bonchev–Trinajstić information content (AvgIpc) is 2.17. The average molecular weight is 183 g/mol. The van der Waals surface area contributed by atoms with Crippen LogP contribution in [0.3, 0.4) is 0 Å². The zero-order valence-electron chi connectivity index (χ0n) is 8.89. The third-order valence-electron chi connectivity index (χ3n) is 2.00. The van der Waals surface area contributed by atoms with Crippen molar-refractivity contribution < 1.29 is 9.53 Å². The number of allylic oxidation sites excluding steroid dienone is 2. The van der Waals surface area contributed by atoms with E-state index in [0.717, 1.165) is 11.3 Å². The van der Waals surface area contributed by atoms with Crippen LogP contribution < -0.4 is 5.32 Å². The van der Waals surface area contributed by atoms with Gasteiger partial charge in [0.25, 0.3) is 5.91 Å². The van der Waals surface area contributed by atoms with Gasteiger partial charge in [0, 0.05) is 12.6 Å². The van der Waals surface area contributed by atoms with Crippen molar-refractivity contribution in [1.29, 1.82) is 0 Å². The van der Waals surface area contributed by atoms with Crippen molar-refractivity contribution in [3.8, 4) is 0 Å². The number of amides is 1. The molecule has 0 fully saturated rings. The van der Waals surface area contributed by atoms with Crippen molar-refractivity contribution in [2.24, 2.45) is 0 Å². The van der Waals surface area contributed by atoms with E-state index < -0.39 is 0 Å². The largest absolute Gasteiger partial charge is 0.501 e. The van der Waals surface area contributed by atoms with Crippen LogP contribution in [0.1, 0.15) is 20.8 Å². The molecule has 0 aromatic rings. The highest BCUT2D eigenvalue weighted by Gasteiger charge is 2.10. The van der Waals surface area contributed by atoms with Crippen LogP contribution in [0.15, 0.2) is 23.0 Å². The summed E-state index contributed by atoms with van der Waals surface area (Å²) in [4.78, 5) is 11.3. The zero-order chi connectivity index (χ0) is 10.4. The van der Waals surface area contributed by atoms with Gasteiger partial charge in [-0.25, -0.2) is 0 Å². The molecule has 0 saturated carbocycles. The first-order valence-electron chi connectivity index (χ1n) is 4.18. The smallest absolute Gasteiger partial charge is 0.251 e. The van der Waals surface area contributed by atoms with Gasteiger partial charge in [-0.3, -0.25) is 4.79 Å². The second-order valence-electron chi connectivity index (χ2n) is 2.67. The van der Waals surface area contributed by atoms with E-state index in [1.165, 1.54) is 0 Å². The van der Waals surface area contributed by atoms with Crippen LogP contribution in [0.25, 0.3) is 0 Å². The lowest BCUT2D eigenvalue weighted by Gasteiger charge is -2.09. The number of ether oxygens (including phenoxy) is 1. The fourth-order valence-corrected chi connectivity index (χ4v) is 0.995. The predicted molar refractivity (Wildman–Crippen MR) is 53.2 cm³/mol. The molecule has 0 rings (SSSR count). The molecule has 3 nitrogen and oxygen atoms in total. The summed E-state index contributed by atoms with van der Waals surface area (Å²) in [6.07, 6.45) is 1.77. The minimum absolute atomic E-state index is 0.0867. The van der Waals surface area contributed by atoms with E-state index in [-0.39, 0.29) is 5.91 Å². The second kappa shape index (κ2) is 5.41. The number of carbonyl (C=O) groups excluding carboxylic acids is 1. The van der Waals surface area contributed by atoms with Gasteiger partial charge in [-0.1, -0.05) is 6.08 Å². The Kier molecular flexibility index (Phi) is 4.89. The molecule has 3 heteroatoms. The SMILES string of the molecule is CC=C(C(=O)NC)C(C)=C(C)OC. The first-order chi connectivity index (χ1) is 6.08. The number of likely N-dealkylation sites (N-methyl/N-ethyl adjacent to an activating group) is 1. The monoisotopic (exact) mass is 183 g/mol. The lowest BCUT2D eigenvalue weighted by molar-refractivity contribution is -0.116. The Morgan fingerprint density at radius 2 is 1.92 bits per heavy atom. The molecule has 0 radical (unpaired) electrons. The molecule has 0 aromatic carbocycles. The molecule has 0 bridgehead atoms. The van der Waals surface area contributed by atoms with Crippen LogP contribution in [0.5, 0.6) is 0 Å². The Morgan fingerprint density at radius 3 is 2.23 bits per heavy atom. The van der Waals surface area contributed by atoms with Crippen LogP contribution in [-0.4, -0.2) is 20.1 Å². The van der Waals surface area contributed by atoms with E-state index >= 15 is 0 Å². The van der Waals surface area contributed by atoms with Gasteiger partial charge in [0.1, 0.15) is 0 Å². The Bertz CT molecular complexity index is 252. The molecule has 0 spiro atoms. The molecule has 0 aliphatic rings. The number of hydrogen-bond donors (Lipinski definition) is 1. The Hall–Kier alpha value is -1.25. The van der Waals surface area contributed by atoms with Crippen molar-refractivity contribution >= 4 is 5.91 Å². The molecule has 0 atom stereocenters. The summed E-state index contributed by atoms with van der Waals surface area (Å²) in [5.74, 6) is 0.674. The van der Waals surface area contributed by atoms with Crippen molar-refractivity contribution in [2.75, 3.05) is 14.2 Å². The summed E-state index contributed by atoms with van der Waals surface area (Å²) >= 11 is 0. The molecule has 0 aliphatic carbocycles. The molecule has 1 N–H and O–H groups in total. The number of carbonyl (C=O) groups is 1. The highest BCUT2D eigenvalue weighted by molar-refractivity contribution is 5.97. The summed E-state index contributed by atoms with van der Waals surface area (Å²) in [6, 6.07) is 0. The lowest BCUT2D eigenvalue weighted by atomic mass is 10.1. The Balaban J connectivity index is 4.92. The van der Waals surface area contributed by atoms with E-state index in [1.54, 1.807) is 20.2 Å². The quantitative estimate of drug-likeness (QED) is 0.410. The summed E-state index contributed by atoms with van der Waals surface area (Å²) < 4.78 is 5.05. The maximum Gasteiger partial charge on any atom is 0.251 e. The first kappa shape index (κ1) is 11.8. The van der Waals surface area contributed by atoms with Crippen LogP contribution >= 0.6 is 0 Å². The van der Waals surface area contributed by atoms with Gasteiger partial charge in [-0.05, 0) is 26.3 Å². The molecule has 0 aliphatic heterocycles. The number of nitrogens with one attached hydrogen (secondary N) is 1. The first-order valence-corrected chi connectivity index (χ1v) is 4.18. The molecule has 0 aromatic heterocycles. The van der Waals surface area contributed by atoms with Crippen molar-refractivity contribution in [3.63, 3.8) is 0 Å². The summed E-state index contributed by atoms with van der Waals surface area (Å²) in [6.45, 7) is 5.53. The van der Waals surface area contributed by atoms with Gasteiger partial charge in [0.15, 0.2) is 0 Å². The van der Waals surface area contributed by atoms with Crippen LogP contribution in [-0.2, 0) is 9.53 Å². The molecule has 0 unspecified atom stereocenters. The summed E-state index contributed by atoms with van der Waals surface area (Å²) in [5.41, 5.74) is 1.52. The van der Waals surface area contributed by atoms with Gasteiger partial charge in [0.2, 0.25) is 0 Å². The maximum atomic E-state index is 11.3. The van der Waals surface area contributed by atoms with E-state index in [2.05, 4.69) is 5.32 Å². The molecule has 0 heterocycles. The fourth-order valence-electron chi connectivity index (χ4n) is 0.995. The standard InChI is InChI=1S/C10H17NO2/c1-6-9(10(12)11-4)7(2)8(3)13-5/h6H,1-5H3,(H,11,12). The fraction of sp³-hybridized carbons (Fsp3) is 0.500. The Morgan fingerprint density at radius 1 is 1.38 bits per heavy atom. The van der Waals surface area contributed by atoms with Gasteiger partial charge in [-0.2, -0.15) is 0 Å². The maximum absolute atomic E-state index is 11.3. The van der Waals surface area contributed by atoms with Crippen LogP contribution in [0.2, 0.25) is 0 Å². The minimum Gasteiger partial charge on any atom is -0.501 e. The number of hydrogen-bond acceptors (Lipinski definition) is 2. The molecular weight excluding hydrogens is 166 g/mol. The predicted octanol–water partition coefficient (Wildman–Crippen LogP) is 1.62. The van der Waals surface area contributed by atoms with Crippen LogP contribution in [0, 0.1) is 0 Å². The second-order valence-corrected chi connectivity index (χ2v) is 2.67. The molecule has 0 saturated heterocycles.